The summed E-state index contributed by atoms with van der Waals surface area (Å²) in [5.74, 6) is 0.0499. The molecule has 1 amide bonds. The number of rotatable bonds is 5. The normalized spacial score (nSPS) is 10.3. The molecule has 0 saturated carbocycles. The van der Waals surface area contributed by atoms with Crippen molar-refractivity contribution in [3.8, 4) is 0 Å². The Bertz CT molecular complexity index is 493. The van der Waals surface area contributed by atoms with E-state index in [4.69, 9.17) is 11.6 Å². The van der Waals surface area contributed by atoms with Crippen molar-refractivity contribution in [2.45, 2.75) is 19.3 Å². The third-order valence-corrected chi connectivity index (χ3v) is 3.72. The molecular formula is C14H14ClNOS. The topological polar surface area (TPSA) is 29.1 Å². The molecule has 0 aliphatic carbocycles. The molecule has 0 fully saturated rings. The lowest BCUT2D eigenvalue weighted by molar-refractivity contribution is -0.116. The molecule has 1 N–H and O–H groups in total. The summed E-state index contributed by atoms with van der Waals surface area (Å²) in [5.41, 5.74) is 0.792. The number of thiophene rings is 1. The summed E-state index contributed by atoms with van der Waals surface area (Å²) in [6.45, 7) is 0. The molecule has 0 radical (unpaired) electrons. The van der Waals surface area contributed by atoms with Crippen molar-refractivity contribution in [3.05, 3.63) is 51.7 Å². The molecule has 1 heterocycles. The largest absolute Gasteiger partial charge is 0.326 e. The van der Waals surface area contributed by atoms with E-state index in [-0.39, 0.29) is 5.91 Å². The SMILES string of the molecule is O=C(CCCc1cccs1)Nc1ccc(Cl)cc1. The van der Waals surface area contributed by atoms with Gasteiger partial charge >= 0.3 is 0 Å². The zero-order chi connectivity index (χ0) is 12.8. The molecule has 0 aliphatic rings. The van der Waals surface area contributed by atoms with Crippen molar-refractivity contribution in [2.24, 2.45) is 0 Å². The first kappa shape index (κ1) is 13.1. The molecule has 1 aromatic carbocycles. The van der Waals surface area contributed by atoms with Gasteiger partial charge in [-0.1, -0.05) is 17.7 Å². The standard InChI is InChI=1S/C14H14ClNOS/c15-11-6-8-12(9-7-11)16-14(17)5-1-3-13-4-2-10-18-13/h2,4,6-10H,1,3,5H2,(H,16,17). The second-order valence-electron chi connectivity index (χ2n) is 3.99. The first-order valence-corrected chi connectivity index (χ1v) is 7.07. The lowest BCUT2D eigenvalue weighted by Gasteiger charge is -2.04. The summed E-state index contributed by atoms with van der Waals surface area (Å²) in [7, 11) is 0. The molecule has 1 aromatic heterocycles. The van der Waals surface area contributed by atoms with Crippen molar-refractivity contribution in [1.82, 2.24) is 0 Å². The van der Waals surface area contributed by atoms with Crippen LogP contribution in [0.25, 0.3) is 0 Å². The summed E-state index contributed by atoms with van der Waals surface area (Å²) in [6, 6.07) is 11.3. The van der Waals surface area contributed by atoms with Crippen molar-refractivity contribution in [2.75, 3.05) is 5.32 Å². The monoisotopic (exact) mass is 279 g/mol. The summed E-state index contributed by atoms with van der Waals surface area (Å²) < 4.78 is 0. The number of hydrogen-bond donors (Lipinski definition) is 1. The van der Waals surface area contributed by atoms with Gasteiger partial charge in [-0.15, -0.1) is 11.3 Å². The number of carbonyl (C=O) groups is 1. The highest BCUT2D eigenvalue weighted by Gasteiger charge is 2.03. The van der Waals surface area contributed by atoms with Gasteiger partial charge in [0, 0.05) is 22.0 Å². The van der Waals surface area contributed by atoms with Crippen LogP contribution in [0.15, 0.2) is 41.8 Å². The summed E-state index contributed by atoms with van der Waals surface area (Å²) >= 11 is 7.51. The van der Waals surface area contributed by atoms with Gasteiger partial charge in [0.15, 0.2) is 0 Å². The van der Waals surface area contributed by atoms with Gasteiger partial charge in [-0.05, 0) is 48.6 Å². The van der Waals surface area contributed by atoms with E-state index in [1.54, 1.807) is 35.6 Å². The first-order chi connectivity index (χ1) is 8.74. The molecule has 2 nitrogen and oxygen atoms in total. The minimum absolute atomic E-state index is 0.0499. The second-order valence-corrected chi connectivity index (χ2v) is 5.46. The minimum Gasteiger partial charge on any atom is -0.326 e. The van der Waals surface area contributed by atoms with Gasteiger partial charge in [0.1, 0.15) is 0 Å². The van der Waals surface area contributed by atoms with E-state index in [2.05, 4.69) is 16.8 Å². The van der Waals surface area contributed by atoms with Crippen molar-refractivity contribution in [3.63, 3.8) is 0 Å². The molecule has 0 atom stereocenters. The molecule has 0 aliphatic heterocycles. The quantitative estimate of drug-likeness (QED) is 0.865. The number of halogens is 1. The van der Waals surface area contributed by atoms with Gasteiger partial charge in [0.25, 0.3) is 0 Å². The third kappa shape index (κ3) is 4.17. The Balaban J connectivity index is 1.73. The number of carbonyl (C=O) groups excluding carboxylic acids is 1. The van der Waals surface area contributed by atoms with E-state index in [1.165, 1.54) is 4.88 Å². The summed E-state index contributed by atoms with van der Waals surface area (Å²) in [6.07, 6.45) is 2.38. The average molecular weight is 280 g/mol. The van der Waals surface area contributed by atoms with E-state index in [0.29, 0.717) is 11.4 Å². The number of hydrogen-bond acceptors (Lipinski definition) is 2. The molecule has 0 spiro atoms. The highest BCUT2D eigenvalue weighted by Crippen LogP contribution is 2.15. The smallest absolute Gasteiger partial charge is 0.224 e. The predicted molar refractivity (Wildman–Crippen MR) is 77.3 cm³/mol. The maximum absolute atomic E-state index is 11.7. The van der Waals surface area contributed by atoms with Gasteiger partial charge in [-0.25, -0.2) is 0 Å². The second kappa shape index (κ2) is 6.57. The molecule has 0 saturated heterocycles. The molecule has 0 unspecified atom stereocenters. The van der Waals surface area contributed by atoms with E-state index in [0.717, 1.165) is 18.5 Å². The van der Waals surface area contributed by atoms with Crippen LogP contribution in [0.3, 0.4) is 0 Å². The number of nitrogens with one attached hydrogen (secondary N) is 1. The maximum Gasteiger partial charge on any atom is 0.224 e. The zero-order valence-corrected chi connectivity index (χ0v) is 11.4. The molecule has 2 aromatic rings. The highest BCUT2D eigenvalue weighted by molar-refractivity contribution is 7.09. The fourth-order valence-corrected chi connectivity index (χ4v) is 2.51. The van der Waals surface area contributed by atoms with Gasteiger partial charge in [-0.2, -0.15) is 0 Å². The van der Waals surface area contributed by atoms with Crippen LogP contribution in [0.5, 0.6) is 0 Å². The van der Waals surface area contributed by atoms with E-state index in [1.807, 2.05) is 6.07 Å². The lowest BCUT2D eigenvalue weighted by Crippen LogP contribution is -2.11. The Labute approximate surface area is 116 Å². The van der Waals surface area contributed by atoms with Gasteiger partial charge in [-0.3, -0.25) is 4.79 Å². The van der Waals surface area contributed by atoms with Crippen molar-refractivity contribution < 1.29 is 4.79 Å². The molecule has 18 heavy (non-hydrogen) atoms. The zero-order valence-electron chi connectivity index (χ0n) is 9.86. The van der Waals surface area contributed by atoms with E-state index in [9.17, 15) is 4.79 Å². The van der Waals surface area contributed by atoms with Crippen LogP contribution in [0.1, 0.15) is 17.7 Å². The number of amides is 1. The highest BCUT2D eigenvalue weighted by atomic mass is 35.5. The average Bonchev–Trinajstić information content (AvgIpc) is 2.85. The van der Waals surface area contributed by atoms with Crippen molar-refractivity contribution in [1.29, 1.82) is 0 Å². The lowest BCUT2D eigenvalue weighted by atomic mass is 10.2. The molecule has 4 heteroatoms. The fourth-order valence-electron chi connectivity index (χ4n) is 1.63. The van der Waals surface area contributed by atoms with Crippen LogP contribution in [0.2, 0.25) is 5.02 Å². The van der Waals surface area contributed by atoms with Crippen LogP contribution in [-0.4, -0.2) is 5.91 Å². The van der Waals surface area contributed by atoms with Gasteiger partial charge in [0.2, 0.25) is 5.91 Å². The maximum atomic E-state index is 11.7. The number of aryl methyl sites for hydroxylation is 1. The van der Waals surface area contributed by atoms with Crippen LogP contribution in [-0.2, 0) is 11.2 Å². The molecule has 0 bridgehead atoms. The van der Waals surface area contributed by atoms with E-state index >= 15 is 0 Å². The molecule has 94 valence electrons. The Hall–Kier alpha value is -1.32. The Kier molecular flexibility index (Phi) is 4.79. The van der Waals surface area contributed by atoms with Gasteiger partial charge < -0.3 is 5.32 Å². The summed E-state index contributed by atoms with van der Waals surface area (Å²) in [5, 5.41) is 5.59. The van der Waals surface area contributed by atoms with E-state index < -0.39 is 0 Å². The molecular weight excluding hydrogens is 266 g/mol. The number of anilines is 1. The Morgan fingerprint density at radius 1 is 1.22 bits per heavy atom. The predicted octanol–water partition coefficient (Wildman–Crippen LogP) is 4.36. The Morgan fingerprint density at radius 2 is 2.00 bits per heavy atom. The Morgan fingerprint density at radius 3 is 2.67 bits per heavy atom. The first-order valence-electron chi connectivity index (χ1n) is 5.82. The molecule has 2 rings (SSSR count). The summed E-state index contributed by atoms with van der Waals surface area (Å²) in [4.78, 5) is 13.0. The number of benzene rings is 1. The van der Waals surface area contributed by atoms with Crippen LogP contribution in [0, 0.1) is 0 Å². The fraction of sp³-hybridized carbons (Fsp3) is 0.214. The van der Waals surface area contributed by atoms with Crippen LogP contribution < -0.4 is 5.32 Å². The minimum atomic E-state index is 0.0499. The third-order valence-electron chi connectivity index (χ3n) is 2.54. The van der Waals surface area contributed by atoms with Crippen LogP contribution >= 0.6 is 22.9 Å². The van der Waals surface area contributed by atoms with Gasteiger partial charge in [0.05, 0.1) is 0 Å². The van der Waals surface area contributed by atoms with Crippen LogP contribution in [0.4, 0.5) is 5.69 Å². The van der Waals surface area contributed by atoms with Crippen molar-refractivity contribution >= 4 is 34.5 Å².